The van der Waals surface area contributed by atoms with Gasteiger partial charge in [-0.05, 0) is 71.2 Å². The number of carbonyl (C=O) groups is 1. The number of carboxylic acid groups (broad SMARTS) is 1. The third kappa shape index (κ3) is 9.28. The van der Waals surface area contributed by atoms with Crippen molar-refractivity contribution in [1.29, 1.82) is 0 Å². The minimum Gasteiger partial charge on any atom is -0.493 e. The number of ether oxygens (including phenoxy) is 5. The number of para-hydroxylation sites is 3. The number of hydrogen-bond donors (Lipinski definition) is 2. The lowest BCUT2D eigenvalue weighted by molar-refractivity contribution is -0.139. The molecule has 1 aliphatic heterocycles. The molecule has 6 rings (SSSR count). The van der Waals surface area contributed by atoms with Gasteiger partial charge in [0, 0.05) is 49.8 Å². The average Bonchev–Trinajstić information content (AvgIpc) is 3.62. The Bertz CT molecular complexity index is 1750. The summed E-state index contributed by atoms with van der Waals surface area (Å²) in [5.74, 6) is 3.42. The van der Waals surface area contributed by atoms with Crippen LogP contribution < -0.4 is 29.0 Å². The van der Waals surface area contributed by atoms with E-state index in [0.717, 1.165) is 93.2 Å². The molecule has 53 heavy (non-hydrogen) atoms. The molecule has 1 saturated heterocycles. The number of aliphatic carboxylic acids is 1. The molecule has 2 atom stereocenters. The molecule has 0 amide bonds. The lowest BCUT2D eigenvalue weighted by Crippen LogP contribution is -2.30. The van der Waals surface area contributed by atoms with Gasteiger partial charge in [-0.15, -0.1) is 0 Å². The van der Waals surface area contributed by atoms with Crippen LogP contribution in [0.5, 0.6) is 28.7 Å². The SMILES string of the molecule is CCCOc1c2cccc1Cc1cccc(c1OCCC)Cc1cc(O[C@@H]3CN[C@H](C(=O)O)C3)cc(c1OCCC)Cc1cccc(c1OCCC)C2. The molecule has 1 aliphatic carbocycles. The lowest BCUT2D eigenvalue weighted by Gasteiger charge is -2.24. The molecule has 0 aromatic heterocycles. The van der Waals surface area contributed by atoms with Crippen LogP contribution in [-0.4, -0.2) is 56.2 Å². The molecule has 0 saturated carbocycles. The highest BCUT2D eigenvalue weighted by atomic mass is 16.5. The summed E-state index contributed by atoms with van der Waals surface area (Å²) < 4.78 is 33.1. The summed E-state index contributed by atoms with van der Waals surface area (Å²) in [7, 11) is 0. The van der Waals surface area contributed by atoms with E-state index in [4.69, 9.17) is 23.7 Å². The minimum atomic E-state index is -0.858. The zero-order valence-corrected chi connectivity index (χ0v) is 31.8. The maximum atomic E-state index is 11.8. The van der Waals surface area contributed by atoms with E-state index in [9.17, 15) is 9.90 Å². The van der Waals surface area contributed by atoms with Crippen LogP contribution in [0.4, 0.5) is 0 Å². The molecular formula is C45H55NO7. The number of nitrogens with one attached hydrogen (secondary N) is 1. The Kier molecular flexibility index (Phi) is 13.2. The van der Waals surface area contributed by atoms with E-state index in [0.29, 0.717) is 70.8 Å². The van der Waals surface area contributed by atoms with E-state index in [2.05, 4.69) is 99.7 Å². The molecule has 0 unspecified atom stereocenters. The number of benzene rings is 4. The Labute approximate surface area is 314 Å². The third-order valence-corrected chi connectivity index (χ3v) is 9.77. The Morgan fingerprint density at radius 1 is 0.585 bits per heavy atom. The molecule has 8 nitrogen and oxygen atoms in total. The monoisotopic (exact) mass is 721 g/mol. The predicted octanol–water partition coefficient (Wildman–Crippen LogP) is 8.71. The van der Waals surface area contributed by atoms with Gasteiger partial charge in [-0.3, -0.25) is 4.79 Å². The van der Waals surface area contributed by atoms with Crippen molar-refractivity contribution >= 4 is 5.97 Å². The molecule has 1 fully saturated rings. The van der Waals surface area contributed by atoms with Gasteiger partial charge in [-0.1, -0.05) is 82.3 Å². The zero-order valence-electron chi connectivity index (χ0n) is 31.8. The third-order valence-electron chi connectivity index (χ3n) is 9.77. The summed E-state index contributed by atoms with van der Waals surface area (Å²) in [6, 6.07) is 22.9. The summed E-state index contributed by atoms with van der Waals surface area (Å²) in [5, 5.41) is 12.7. The number of fused-ring (bicyclic) bond motifs is 8. The highest BCUT2D eigenvalue weighted by Gasteiger charge is 2.31. The van der Waals surface area contributed by atoms with Gasteiger partial charge < -0.3 is 34.1 Å². The first-order chi connectivity index (χ1) is 25.9. The Morgan fingerprint density at radius 2 is 0.925 bits per heavy atom. The zero-order chi connectivity index (χ0) is 37.2. The van der Waals surface area contributed by atoms with Crippen LogP contribution in [0, 0.1) is 0 Å². The second kappa shape index (κ2) is 18.4. The maximum Gasteiger partial charge on any atom is 0.320 e. The van der Waals surface area contributed by atoms with E-state index < -0.39 is 12.0 Å². The maximum absolute atomic E-state index is 11.8. The summed E-state index contributed by atoms with van der Waals surface area (Å²) in [4.78, 5) is 11.8. The standard InChI is InChI=1S/C45H55NO7/c1-5-18-49-41-30-12-9-13-31(41)23-33-15-11-17-35(43(33)51-20-7-3)25-37-27-38(53-39-28-40(45(47)48)46-29-39)26-36(44(37)52-21-8-4)24-34-16-10-14-32(22-30)42(34)50-19-6-2/h9-17,26-27,39-40,46H,5-8,18-25,28-29H2,1-4H3,(H,47,48)/t39-,40-/m0/s1. The molecule has 2 aliphatic rings. The highest BCUT2D eigenvalue weighted by Crippen LogP contribution is 2.41. The van der Waals surface area contributed by atoms with Crippen LogP contribution in [0.25, 0.3) is 0 Å². The molecule has 4 aromatic carbocycles. The second-order valence-corrected chi connectivity index (χ2v) is 14.2. The van der Waals surface area contributed by atoms with Gasteiger partial charge in [-0.2, -0.15) is 0 Å². The van der Waals surface area contributed by atoms with Crippen molar-refractivity contribution in [2.75, 3.05) is 33.0 Å². The fourth-order valence-electron chi connectivity index (χ4n) is 7.35. The smallest absolute Gasteiger partial charge is 0.320 e. The van der Waals surface area contributed by atoms with Gasteiger partial charge in [0.25, 0.3) is 0 Å². The molecule has 8 bridgehead atoms. The van der Waals surface area contributed by atoms with E-state index >= 15 is 0 Å². The molecule has 2 N–H and O–H groups in total. The molecule has 0 spiro atoms. The topological polar surface area (TPSA) is 95.5 Å². The number of rotatable bonds is 15. The first-order valence-corrected chi connectivity index (χ1v) is 19.5. The molecule has 4 aromatic rings. The molecule has 8 heteroatoms. The van der Waals surface area contributed by atoms with Gasteiger partial charge in [0.15, 0.2) is 0 Å². The largest absolute Gasteiger partial charge is 0.493 e. The van der Waals surface area contributed by atoms with Crippen molar-refractivity contribution in [3.63, 3.8) is 0 Å². The highest BCUT2D eigenvalue weighted by molar-refractivity contribution is 5.74. The summed E-state index contributed by atoms with van der Waals surface area (Å²) in [6.07, 6.45) is 6.13. The van der Waals surface area contributed by atoms with Crippen molar-refractivity contribution in [2.45, 2.75) is 97.6 Å². The fourth-order valence-corrected chi connectivity index (χ4v) is 7.35. The van der Waals surface area contributed by atoms with Crippen LogP contribution in [0.15, 0.2) is 66.7 Å². The van der Waals surface area contributed by atoms with E-state index in [1.807, 2.05) is 0 Å². The predicted molar refractivity (Wildman–Crippen MR) is 209 cm³/mol. The normalized spacial score (nSPS) is 16.5. The van der Waals surface area contributed by atoms with Crippen molar-refractivity contribution in [3.8, 4) is 28.7 Å². The minimum absolute atomic E-state index is 0.270. The molecule has 1 heterocycles. The Balaban J connectivity index is 1.56. The van der Waals surface area contributed by atoms with Crippen LogP contribution in [0.2, 0.25) is 0 Å². The molecule has 0 radical (unpaired) electrons. The quantitative estimate of drug-likeness (QED) is 0.111. The van der Waals surface area contributed by atoms with Crippen molar-refractivity contribution in [3.05, 3.63) is 111 Å². The van der Waals surface area contributed by atoms with E-state index in [1.54, 1.807) is 0 Å². The summed E-state index contributed by atoms with van der Waals surface area (Å²) in [6.45, 7) is 11.4. The van der Waals surface area contributed by atoms with Gasteiger partial charge >= 0.3 is 5.97 Å². The average molecular weight is 722 g/mol. The number of hydrogen-bond acceptors (Lipinski definition) is 7. The van der Waals surface area contributed by atoms with Gasteiger partial charge in [0.2, 0.25) is 0 Å². The van der Waals surface area contributed by atoms with E-state index in [-0.39, 0.29) is 6.10 Å². The van der Waals surface area contributed by atoms with Crippen molar-refractivity contribution < 1.29 is 33.6 Å². The molecular weight excluding hydrogens is 666 g/mol. The first-order valence-electron chi connectivity index (χ1n) is 19.5. The van der Waals surface area contributed by atoms with E-state index in [1.165, 1.54) is 0 Å². The Hall–Kier alpha value is -4.69. The Morgan fingerprint density at radius 3 is 1.25 bits per heavy atom. The van der Waals surface area contributed by atoms with Gasteiger partial charge in [-0.25, -0.2) is 0 Å². The van der Waals surface area contributed by atoms with Crippen LogP contribution in [0.1, 0.15) is 104 Å². The van der Waals surface area contributed by atoms with Gasteiger partial charge in [0.1, 0.15) is 40.9 Å². The summed E-state index contributed by atoms with van der Waals surface area (Å²) >= 11 is 0. The molecule has 282 valence electrons. The van der Waals surface area contributed by atoms with Crippen LogP contribution in [0.3, 0.4) is 0 Å². The van der Waals surface area contributed by atoms with Crippen molar-refractivity contribution in [2.24, 2.45) is 0 Å². The fraction of sp³-hybridized carbons (Fsp3) is 0.444. The summed E-state index contributed by atoms with van der Waals surface area (Å²) in [5.41, 5.74) is 8.61. The second-order valence-electron chi connectivity index (χ2n) is 14.2. The van der Waals surface area contributed by atoms with Gasteiger partial charge in [0.05, 0.1) is 26.4 Å². The number of carboxylic acids is 1. The first kappa shape index (κ1) is 38.0. The lowest BCUT2D eigenvalue weighted by atomic mass is 9.91. The van der Waals surface area contributed by atoms with Crippen LogP contribution >= 0.6 is 0 Å². The van der Waals surface area contributed by atoms with Crippen LogP contribution in [-0.2, 0) is 30.5 Å². The van der Waals surface area contributed by atoms with Crippen molar-refractivity contribution in [1.82, 2.24) is 5.32 Å².